The van der Waals surface area contributed by atoms with Gasteiger partial charge >= 0.3 is 0 Å². The Bertz CT molecular complexity index is 668. The zero-order valence-corrected chi connectivity index (χ0v) is 13.3. The Morgan fingerprint density at radius 1 is 1.14 bits per heavy atom. The molecule has 3 heteroatoms. The van der Waals surface area contributed by atoms with Crippen LogP contribution >= 0.6 is 23.2 Å². The molecule has 2 aromatic rings. The molecule has 0 unspecified atom stereocenters. The van der Waals surface area contributed by atoms with Gasteiger partial charge in [-0.05, 0) is 30.7 Å². The molecule has 0 aliphatic carbocycles. The number of benzene rings is 2. The van der Waals surface area contributed by atoms with Crippen molar-refractivity contribution in [2.45, 2.75) is 20.0 Å². The van der Waals surface area contributed by atoms with E-state index in [-0.39, 0.29) is 0 Å². The fourth-order valence-corrected chi connectivity index (χ4v) is 2.13. The summed E-state index contributed by atoms with van der Waals surface area (Å²) in [6, 6.07) is 13.6. The van der Waals surface area contributed by atoms with Gasteiger partial charge < -0.3 is 4.74 Å². The highest BCUT2D eigenvalue weighted by Gasteiger charge is 2.04. The third-order valence-electron chi connectivity index (χ3n) is 2.92. The van der Waals surface area contributed by atoms with Gasteiger partial charge in [0.15, 0.2) is 0 Å². The molecule has 1 nitrogen and oxygen atoms in total. The van der Waals surface area contributed by atoms with Crippen LogP contribution in [0, 0.1) is 18.8 Å². The van der Waals surface area contributed by atoms with Crippen molar-refractivity contribution in [1.82, 2.24) is 0 Å². The normalized spacial score (nSPS) is 9.86. The molecule has 0 amide bonds. The topological polar surface area (TPSA) is 9.23 Å². The number of hydrogen-bond donors (Lipinski definition) is 0. The molecule has 2 aromatic carbocycles. The minimum atomic E-state index is 0.424. The summed E-state index contributed by atoms with van der Waals surface area (Å²) in [5, 5.41) is 0.708. The van der Waals surface area contributed by atoms with E-state index in [9.17, 15) is 0 Å². The van der Waals surface area contributed by atoms with Gasteiger partial charge in [0, 0.05) is 22.9 Å². The maximum Gasteiger partial charge on any atom is 0.135 e. The summed E-state index contributed by atoms with van der Waals surface area (Å²) in [5.74, 6) is 7.46. The molecule has 108 valence electrons. The van der Waals surface area contributed by atoms with Crippen LogP contribution < -0.4 is 4.74 Å². The third-order valence-corrected chi connectivity index (χ3v) is 3.48. The highest BCUT2D eigenvalue weighted by molar-refractivity contribution is 6.31. The highest BCUT2D eigenvalue weighted by atomic mass is 35.5. The molecule has 0 aliphatic heterocycles. The van der Waals surface area contributed by atoms with Crippen LogP contribution in [-0.4, -0.2) is 5.88 Å². The van der Waals surface area contributed by atoms with E-state index in [0.29, 0.717) is 23.9 Å². The lowest BCUT2D eigenvalue weighted by Crippen LogP contribution is -1.98. The molecule has 0 fully saturated rings. The van der Waals surface area contributed by atoms with Crippen LogP contribution in [0.15, 0.2) is 42.5 Å². The van der Waals surface area contributed by atoms with E-state index in [1.165, 1.54) is 0 Å². The van der Waals surface area contributed by atoms with Gasteiger partial charge in [-0.15, -0.1) is 11.6 Å². The fourth-order valence-electron chi connectivity index (χ4n) is 1.84. The van der Waals surface area contributed by atoms with Crippen molar-refractivity contribution in [2.24, 2.45) is 0 Å². The Labute approximate surface area is 135 Å². The number of hydrogen-bond acceptors (Lipinski definition) is 1. The van der Waals surface area contributed by atoms with Crippen LogP contribution in [0.25, 0.3) is 0 Å². The number of ether oxygens (including phenoxy) is 1. The largest absolute Gasteiger partial charge is 0.488 e. The monoisotopic (exact) mass is 318 g/mol. The minimum absolute atomic E-state index is 0.424. The van der Waals surface area contributed by atoms with Gasteiger partial charge in [0.1, 0.15) is 12.4 Å². The quantitative estimate of drug-likeness (QED) is 0.555. The fraction of sp³-hybridized carbons (Fsp3) is 0.222. The Hall–Kier alpha value is -1.62. The summed E-state index contributed by atoms with van der Waals surface area (Å²) < 4.78 is 5.87. The predicted octanol–water partition coefficient (Wildman–Crippen LogP) is 5.21. The molecule has 0 saturated heterocycles. The predicted molar refractivity (Wildman–Crippen MR) is 89.2 cm³/mol. The third kappa shape index (κ3) is 4.70. The van der Waals surface area contributed by atoms with E-state index >= 15 is 0 Å². The van der Waals surface area contributed by atoms with Gasteiger partial charge in [-0.3, -0.25) is 0 Å². The molecule has 0 spiro atoms. The van der Waals surface area contributed by atoms with Crippen molar-refractivity contribution in [3.8, 4) is 17.6 Å². The van der Waals surface area contributed by atoms with E-state index in [0.717, 1.165) is 22.4 Å². The lowest BCUT2D eigenvalue weighted by molar-refractivity contribution is 0.305. The number of halogens is 2. The summed E-state index contributed by atoms with van der Waals surface area (Å²) in [5.41, 5.74) is 2.99. The molecule has 0 bridgehead atoms. The molecule has 0 atom stereocenters. The Morgan fingerprint density at radius 2 is 1.95 bits per heavy atom. The van der Waals surface area contributed by atoms with Crippen LogP contribution in [0.5, 0.6) is 5.75 Å². The van der Waals surface area contributed by atoms with Gasteiger partial charge in [-0.1, -0.05) is 47.7 Å². The van der Waals surface area contributed by atoms with Crippen LogP contribution in [0.2, 0.25) is 5.02 Å². The second-order valence-corrected chi connectivity index (χ2v) is 5.41. The Balaban J connectivity index is 2.16. The van der Waals surface area contributed by atoms with E-state index in [1.807, 2.05) is 49.4 Å². The maximum atomic E-state index is 6.14. The number of alkyl halides is 1. The second-order valence-electron chi connectivity index (χ2n) is 4.62. The van der Waals surface area contributed by atoms with Crippen molar-refractivity contribution in [3.05, 3.63) is 64.2 Å². The minimum Gasteiger partial charge on any atom is -0.488 e. The summed E-state index contributed by atoms with van der Waals surface area (Å²) in [4.78, 5) is 0. The molecule has 0 radical (unpaired) electrons. The van der Waals surface area contributed by atoms with Crippen molar-refractivity contribution in [3.63, 3.8) is 0 Å². The zero-order valence-electron chi connectivity index (χ0n) is 11.8. The molecule has 0 N–H and O–H groups in total. The van der Waals surface area contributed by atoms with Crippen LogP contribution in [0.1, 0.15) is 23.1 Å². The van der Waals surface area contributed by atoms with Gasteiger partial charge in [-0.2, -0.15) is 0 Å². The molecule has 0 aliphatic rings. The Kier molecular flexibility index (Phi) is 5.99. The van der Waals surface area contributed by atoms with Crippen LogP contribution in [0.4, 0.5) is 0 Å². The summed E-state index contributed by atoms with van der Waals surface area (Å²) in [6.45, 7) is 2.46. The first-order chi connectivity index (χ1) is 10.2. The van der Waals surface area contributed by atoms with E-state index in [4.69, 9.17) is 27.9 Å². The van der Waals surface area contributed by atoms with Crippen molar-refractivity contribution < 1.29 is 4.74 Å². The van der Waals surface area contributed by atoms with E-state index in [2.05, 4.69) is 11.8 Å². The average Bonchev–Trinajstić information content (AvgIpc) is 2.48. The zero-order chi connectivity index (χ0) is 15.1. The van der Waals surface area contributed by atoms with Crippen molar-refractivity contribution in [1.29, 1.82) is 0 Å². The standard InChI is InChI=1S/C18H16Cl2O/c1-14-9-10-18(15(12-14)6-4-5-11-19)21-13-16-7-2-3-8-17(16)20/h2-3,7-10,12H,5,11,13H2,1H3. The maximum absolute atomic E-state index is 6.14. The molecular formula is C18H16Cl2O. The van der Waals surface area contributed by atoms with Gasteiger partial charge in [0.2, 0.25) is 0 Å². The molecule has 2 rings (SSSR count). The molecule has 0 heterocycles. The SMILES string of the molecule is Cc1ccc(OCc2ccccc2Cl)c(C#CCCCl)c1. The second kappa shape index (κ2) is 7.98. The van der Waals surface area contributed by atoms with E-state index in [1.54, 1.807) is 0 Å². The van der Waals surface area contributed by atoms with Crippen molar-refractivity contribution >= 4 is 23.2 Å². The first kappa shape index (κ1) is 15.8. The summed E-state index contributed by atoms with van der Waals surface area (Å²) in [6.07, 6.45) is 0.666. The highest BCUT2D eigenvalue weighted by Crippen LogP contribution is 2.22. The van der Waals surface area contributed by atoms with Gasteiger partial charge in [0.05, 0.1) is 5.56 Å². The lowest BCUT2D eigenvalue weighted by atomic mass is 10.1. The summed E-state index contributed by atoms with van der Waals surface area (Å²) >= 11 is 11.8. The van der Waals surface area contributed by atoms with Gasteiger partial charge in [0.25, 0.3) is 0 Å². The lowest BCUT2D eigenvalue weighted by Gasteiger charge is -2.10. The van der Waals surface area contributed by atoms with E-state index < -0.39 is 0 Å². The molecular weight excluding hydrogens is 303 g/mol. The van der Waals surface area contributed by atoms with Crippen LogP contribution in [0.3, 0.4) is 0 Å². The smallest absolute Gasteiger partial charge is 0.135 e. The summed E-state index contributed by atoms with van der Waals surface area (Å²) in [7, 11) is 0. The number of rotatable bonds is 4. The van der Waals surface area contributed by atoms with Gasteiger partial charge in [-0.25, -0.2) is 0 Å². The molecule has 0 aromatic heterocycles. The average molecular weight is 319 g/mol. The van der Waals surface area contributed by atoms with Crippen LogP contribution in [-0.2, 0) is 6.61 Å². The first-order valence-electron chi connectivity index (χ1n) is 6.72. The number of aryl methyl sites for hydroxylation is 1. The van der Waals surface area contributed by atoms with Crippen molar-refractivity contribution in [2.75, 3.05) is 5.88 Å². The molecule has 0 saturated carbocycles. The first-order valence-corrected chi connectivity index (χ1v) is 7.63. The Morgan fingerprint density at radius 3 is 2.71 bits per heavy atom. The molecule has 21 heavy (non-hydrogen) atoms.